The first-order valence-corrected chi connectivity index (χ1v) is 8.29. The Labute approximate surface area is 133 Å². The Kier molecular flexibility index (Phi) is 6.00. The molecule has 20 heavy (non-hydrogen) atoms. The lowest BCUT2D eigenvalue weighted by Crippen LogP contribution is -2.29. The van der Waals surface area contributed by atoms with Crippen LogP contribution in [0.5, 0.6) is 11.5 Å². The van der Waals surface area contributed by atoms with Crippen molar-refractivity contribution in [2.45, 2.75) is 43.2 Å². The molecule has 3 nitrogen and oxygen atoms in total. The molecule has 0 aromatic heterocycles. The molecule has 0 saturated heterocycles. The van der Waals surface area contributed by atoms with E-state index < -0.39 is 0 Å². The molecule has 2 unspecified atom stereocenters. The minimum atomic E-state index is 0.134. The van der Waals surface area contributed by atoms with Gasteiger partial charge in [0.15, 0.2) is 11.5 Å². The molecular formula is C15H20BrClO3. The highest BCUT2D eigenvalue weighted by molar-refractivity contribution is 9.08. The molecule has 2 atom stereocenters. The lowest BCUT2D eigenvalue weighted by molar-refractivity contribution is 0.0202. The molecule has 112 valence electrons. The van der Waals surface area contributed by atoms with Crippen molar-refractivity contribution in [2.24, 2.45) is 0 Å². The van der Waals surface area contributed by atoms with Crippen molar-refractivity contribution < 1.29 is 14.2 Å². The van der Waals surface area contributed by atoms with Crippen molar-refractivity contribution in [3.05, 3.63) is 22.7 Å². The van der Waals surface area contributed by atoms with Gasteiger partial charge in [0.05, 0.1) is 18.2 Å². The van der Waals surface area contributed by atoms with Crippen LogP contribution < -0.4 is 9.47 Å². The van der Waals surface area contributed by atoms with E-state index in [1.807, 2.05) is 12.1 Å². The van der Waals surface area contributed by atoms with Crippen LogP contribution >= 0.6 is 27.5 Å². The summed E-state index contributed by atoms with van der Waals surface area (Å²) in [7, 11) is 3.39. The van der Waals surface area contributed by atoms with Gasteiger partial charge < -0.3 is 14.2 Å². The van der Waals surface area contributed by atoms with Gasteiger partial charge in [0.25, 0.3) is 0 Å². The molecule has 0 spiro atoms. The van der Waals surface area contributed by atoms with Crippen molar-refractivity contribution >= 4 is 27.5 Å². The maximum Gasteiger partial charge on any atom is 0.180 e. The molecule has 1 aromatic rings. The Balaban J connectivity index is 2.15. The number of ether oxygens (including phenoxy) is 3. The van der Waals surface area contributed by atoms with Crippen LogP contribution in [0.2, 0.25) is 5.02 Å². The van der Waals surface area contributed by atoms with Gasteiger partial charge in [0, 0.05) is 18.9 Å². The zero-order chi connectivity index (χ0) is 14.5. The second-order valence-corrected chi connectivity index (χ2v) is 5.97. The first kappa shape index (κ1) is 15.9. The molecule has 1 aliphatic carbocycles. The van der Waals surface area contributed by atoms with Gasteiger partial charge in [-0.15, -0.1) is 0 Å². The van der Waals surface area contributed by atoms with Gasteiger partial charge in [-0.2, -0.15) is 0 Å². The molecule has 0 heterocycles. The third-order valence-corrected chi connectivity index (χ3v) is 4.57. The number of hydrogen-bond acceptors (Lipinski definition) is 3. The average Bonchev–Trinajstić information content (AvgIpc) is 2.49. The highest BCUT2D eigenvalue weighted by atomic mass is 79.9. The predicted octanol–water partition coefficient (Wildman–Crippen LogP) is 4.58. The van der Waals surface area contributed by atoms with Gasteiger partial charge in [-0.05, 0) is 37.0 Å². The largest absolute Gasteiger partial charge is 0.493 e. The minimum Gasteiger partial charge on any atom is -0.493 e. The van der Waals surface area contributed by atoms with Crippen LogP contribution in [0.4, 0.5) is 0 Å². The highest BCUT2D eigenvalue weighted by Gasteiger charge is 2.25. The maximum absolute atomic E-state index is 6.32. The Morgan fingerprint density at radius 1 is 1.25 bits per heavy atom. The summed E-state index contributed by atoms with van der Waals surface area (Å²) in [6.45, 7) is 0. The summed E-state index contributed by atoms with van der Waals surface area (Å²) in [4.78, 5) is 0. The van der Waals surface area contributed by atoms with Crippen LogP contribution in [0.1, 0.15) is 31.2 Å². The number of hydrogen-bond donors (Lipinski definition) is 0. The van der Waals surface area contributed by atoms with Crippen LogP contribution in [-0.4, -0.2) is 26.4 Å². The van der Waals surface area contributed by atoms with Crippen molar-refractivity contribution in [3.8, 4) is 11.5 Å². The molecule has 1 aromatic carbocycles. The minimum absolute atomic E-state index is 0.134. The van der Waals surface area contributed by atoms with Gasteiger partial charge in [-0.3, -0.25) is 0 Å². The fraction of sp³-hybridized carbons (Fsp3) is 0.600. The Hall–Kier alpha value is -0.450. The third-order valence-electron chi connectivity index (χ3n) is 3.64. The molecule has 0 bridgehead atoms. The Bertz CT molecular complexity index is 453. The number of methoxy groups -OCH3 is 2. The summed E-state index contributed by atoms with van der Waals surface area (Å²) in [6.07, 6.45) is 4.55. The molecule has 1 saturated carbocycles. The fourth-order valence-electron chi connectivity index (χ4n) is 2.55. The van der Waals surface area contributed by atoms with Gasteiger partial charge in [0.1, 0.15) is 6.10 Å². The van der Waals surface area contributed by atoms with Crippen molar-refractivity contribution in [3.63, 3.8) is 0 Å². The molecule has 1 fully saturated rings. The standard InChI is InChI=1S/C15H20BrClO3/c1-18-11-4-3-5-12(8-11)20-15-13(17)6-10(9-16)7-14(15)19-2/h6-7,11-12H,3-5,8-9H2,1-2H3. The molecule has 5 heteroatoms. The summed E-state index contributed by atoms with van der Waals surface area (Å²) in [5, 5.41) is 1.33. The Morgan fingerprint density at radius 2 is 2.00 bits per heavy atom. The van der Waals surface area contributed by atoms with Gasteiger partial charge in [-0.1, -0.05) is 27.5 Å². The summed E-state index contributed by atoms with van der Waals surface area (Å²) in [5.74, 6) is 1.33. The predicted molar refractivity (Wildman–Crippen MR) is 84.3 cm³/mol. The molecular weight excluding hydrogens is 344 g/mol. The Morgan fingerprint density at radius 3 is 2.65 bits per heavy atom. The van der Waals surface area contributed by atoms with Crippen LogP contribution in [-0.2, 0) is 10.1 Å². The number of rotatable bonds is 5. The molecule has 0 radical (unpaired) electrons. The fourth-order valence-corrected chi connectivity index (χ4v) is 3.16. The number of alkyl halides is 1. The zero-order valence-electron chi connectivity index (χ0n) is 11.8. The quantitative estimate of drug-likeness (QED) is 0.717. The van der Waals surface area contributed by atoms with E-state index in [9.17, 15) is 0 Å². The van der Waals surface area contributed by atoms with Crippen LogP contribution in [0.15, 0.2) is 12.1 Å². The van der Waals surface area contributed by atoms with Crippen molar-refractivity contribution in [1.82, 2.24) is 0 Å². The topological polar surface area (TPSA) is 27.7 Å². The second kappa shape index (κ2) is 7.53. The first-order valence-electron chi connectivity index (χ1n) is 6.79. The van der Waals surface area contributed by atoms with E-state index in [4.69, 9.17) is 25.8 Å². The molecule has 2 rings (SSSR count). The average molecular weight is 364 g/mol. The van der Waals surface area contributed by atoms with Crippen LogP contribution in [0, 0.1) is 0 Å². The van der Waals surface area contributed by atoms with E-state index in [0.29, 0.717) is 16.5 Å². The van der Waals surface area contributed by atoms with E-state index in [2.05, 4.69) is 15.9 Å². The van der Waals surface area contributed by atoms with Gasteiger partial charge in [0.2, 0.25) is 0 Å². The lowest BCUT2D eigenvalue weighted by Gasteiger charge is -2.29. The number of halogens is 2. The van der Waals surface area contributed by atoms with E-state index in [0.717, 1.165) is 36.6 Å². The second-order valence-electron chi connectivity index (χ2n) is 5.01. The van der Waals surface area contributed by atoms with E-state index in [-0.39, 0.29) is 12.2 Å². The van der Waals surface area contributed by atoms with E-state index >= 15 is 0 Å². The van der Waals surface area contributed by atoms with Gasteiger partial charge in [-0.25, -0.2) is 0 Å². The molecule has 0 aliphatic heterocycles. The highest BCUT2D eigenvalue weighted by Crippen LogP contribution is 2.39. The summed E-state index contributed by atoms with van der Waals surface area (Å²) < 4.78 is 16.9. The molecule has 0 amide bonds. The SMILES string of the molecule is COc1cc(CBr)cc(Cl)c1OC1CCCC(OC)C1. The summed E-state index contributed by atoms with van der Waals surface area (Å²) in [6, 6.07) is 3.86. The van der Waals surface area contributed by atoms with E-state index in [1.54, 1.807) is 14.2 Å². The lowest BCUT2D eigenvalue weighted by atomic mass is 9.95. The zero-order valence-corrected chi connectivity index (χ0v) is 14.2. The third kappa shape index (κ3) is 3.80. The van der Waals surface area contributed by atoms with E-state index in [1.165, 1.54) is 0 Å². The normalized spacial score (nSPS) is 22.6. The van der Waals surface area contributed by atoms with Crippen molar-refractivity contribution in [1.29, 1.82) is 0 Å². The summed E-state index contributed by atoms with van der Waals surface area (Å²) >= 11 is 9.75. The van der Waals surface area contributed by atoms with Crippen LogP contribution in [0.3, 0.4) is 0 Å². The summed E-state index contributed by atoms with van der Waals surface area (Å²) in [5.41, 5.74) is 1.07. The number of benzene rings is 1. The monoisotopic (exact) mass is 362 g/mol. The first-order chi connectivity index (χ1) is 9.67. The van der Waals surface area contributed by atoms with Crippen molar-refractivity contribution in [2.75, 3.05) is 14.2 Å². The smallest absolute Gasteiger partial charge is 0.180 e. The molecule has 0 N–H and O–H groups in total. The van der Waals surface area contributed by atoms with Gasteiger partial charge >= 0.3 is 0 Å². The molecule has 1 aliphatic rings. The van der Waals surface area contributed by atoms with Crippen LogP contribution in [0.25, 0.3) is 0 Å². The maximum atomic E-state index is 6.32.